The Morgan fingerprint density at radius 2 is 2.25 bits per heavy atom. The van der Waals surface area contributed by atoms with Crippen LogP contribution in [0.1, 0.15) is 26.7 Å². The molecule has 2 unspecified atom stereocenters. The molecule has 0 saturated carbocycles. The Morgan fingerprint density at radius 3 is 2.81 bits per heavy atom. The maximum absolute atomic E-state index is 5.90. The first kappa shape index (κ1) is 13.9. The van der Waals surface area contributed by atoms with Crippen molar-refractivity contribution in [1.29, 1.82) is 0 Å². The molecule has 0 aromatic carbocycles. The molecule has 0 aromatic heterocycles. The first-order chi connectivity index (χ1) is 7.66. The minimum atomic E-state index is -0.0484. The summed E-state index contributed by atoms with van der Waals surface area (Å²) in [6, 6.07) is 0. The Labute approximate surface area is 99.1 Å². The van der Waals surface area contributed by atoms with Crippen molar-refractivity contribution < 1.29 is 9.47 Å². The smallest absolute Gasteiger partial charge is 0.0698 e. The second kappa shape index (κ2) is 6.55. The number of methoxy groups -OCH3 is 1. The summed E-state index contributed by atoms with van der Waals surface area (Å²) in [6.07, 6.45) is 2.68. The lowest BCUT2D eigenvalue weighted by Gasteiger charge is -2.44. The molecule has 96 valence electrons. The summed E-state index contributed by atoms with van der Waals surface area (Å²) < 4.78 is 11.0. The van der Waals surface area contributed by atoms with E-state index in [2.05, 4.69) is 11.8 Å². The van der Waals surface area contributed by atoms with Gasteiger partial charge >= 0.3 is 0 Å². The maximum atomic E-state index is 5.90. The third-order valence-corrected chi connectivity index (χ3v) is 3.53. The van der Waals surface area contributed by atoms with E-state index in [1.807, 2.05) is 6.92 Å². The first-order valence-corrected chi connectivity index (χ1v) is 6.22. The number of hydrogen-bond acceptors (Lipinski definition) is 4. The van der Waals surface area contributed by atoms with Crippen LogP contribution < -0.4 is 5.73 Å². The highest BCUT2D eigenvalue weighted by atomic mass is 16.5. The zero-order valence-electron chi connectivity index (χ0n) is 10.9. The Bertz CT molecular complexity index is 201. The van der Waals surface area contributed by atoms with Crippen LogP contribution in [0.2, 0.25) is 0 Å². The first-order valence-electron chi connectivity index (χ1n) is 6.22. The summed E-state index contributed by atoms with van der Waals surface area (Å²) in [6.45, 7) is 8.35. The Balaban J connectivity index is 2.56. The third-order valence-electron chi connectivity index (χ3n) is 3.53. The molecule has 1 aliphatic heterocycles. The lowest BCUT2D eigenvalue weighted by molar-refractivity contribution is -0.0435. The van der Waals surface area contributed by atoms with Gasteiger partial charge in [-0.15, -0.1) is 0 Å². The number of rotatable bonds is 6. The van der Waals surface area contributed by atoms with Gasteiger partial charge in [0.1, 0.15) is 0 Å². The molecule has 1 saturated heterocycles. The Morgan fingerprint density at radius 1 is 1.50 bits per heavy atom. The molecule has 2 atom stereocenters. The topological polar surface area (TPSA) is 47.7 Å². The summed E-state index contributed by atoms with van der Waals surface area (Å²) in [5.74, 6) is 0. The fourth-order valence-corrected chi connectivity index (χ4v) is 2.22. The van der Waals surface area contributed by atoms with Gasteiger partial charge in [-0.05, 0) is 33.2 Å². The van der Waals surface area contributed by atoms with E-state index in [-0.39, 0.29) is 5.54 Å². The second-order valence-electron chi connectivity index (χ2n) is 4.78. The molecular weight excluding hydrogens is 204 g/mol. The molecule has 1 rings (SSSR count). The van der Waals surface area contributed by atoms with Crippen molar-refractivity contribution in [2.24, 2.45) is 5.73 Å². The molecule has 0 aliphatic carbocycles. The van der Waals surface area contributed by atoms with E-state index in [0.717, 1.165) is 26.1 Å². The van der Waals surface area contributed by atoms with Crippen LogP contribution in [0.4, 0.5) is 0 Å². The quantitative estimate of drug-likeness (QED) is 0.735. The van der Waals surface area contributed by atoms with Gasteiger partial charge in [0, 0.05) is 26.8 Å². The molecule has 2 N–H and O–H groups in total. The predicted molar refractivity (Wildman–Crippen MR) is 65.6 cm³/mol. The summed E-state index contributed by atoms with van der Waals surface area (Å²) in [5, 5.41) is 0. The zero-order chi connectivity index (χ0) is 12.0. The van der Waals surface area contributed by atoms with E-state index >= 15 is 0 Å². The molecule has 1 fully saturated rings. The largest absolute Gasteiger partial charge is 0.380 e. The number of hydrogen-bond donors (Lipinski definition) is 1. The van der Waals surface area contributed by atoms with Gasteiger partial charge in [0.15, 0.2) is 0 Å². The van der Waals surface area contributed by atoms with Crippen molar-refractivity contribution in [3.8, 4) is 0 Å². The van der Waals surface area contributed by atoms with Gasteiger partial charge in [0.2, 0.25) is 0 Å². The molecule has 0 radical (unpaired) electrons. The maximum Gasteiger partial charge on any atom is 0.0698 e. The molecular formula is C12H26N2O2. The minimum absolute atomic E-state index is 0.0484. The monoisotopic (exact) mass is 230 g/mol. The fourth-order valence-electron chi connectivity index (χ4n) is 2.22. The average Bonchev–Trinajstić information content (AvgIpc) is 2.36. The van der Waals surface area contributed by atoms with Gasteiger partial charge in [0.25, 0.3) is 0 Å². The lowest BCUT2D eigenvalue weighted by Crippen LogP contribution is -2.58. The minimum Gasteiger partial charge on any atom is -0.380 e. The standard InChI is InChI=1S/C12H26N2O2/c1-4-16-10-12(2,9-13)14-7-5-6-11(8-14)15-3/h11H,4-10,13H2,1-3H3. The van der Waals surface area contributed by atoms with E-state index < -0.39 is 0 Å². The molecule has 0 aromatic rings. The van der Waals surface area contributed by atoms with E-state index in [9.17, 15) is 0 Å². The lowest BCUT2D eigenvalue weighted by atomic mass is 9.96. The molecule has 1 heterocycles. The van der Waals surface area contributed by atoms with Crippen LogP contribution in [0.3, 0.4) is 0 Å². The van der Waals surface area contributed by atoms with Crippen LogP contribution in [0, 0.1) is 0 Å². The van der Waals surface area contributed by atoms with E-state index in [4.69, 9.17) is 15.2 Å². The summed E-state index contributed by atoms with van der Waals surface area (Å²) in [7, 11) is 1.79. The van der Waals surface area contributed by atoms with Crippen molar-refractivity contribution in [2.75, 3.05) is 40.0 Å². The Kier molecular flexibility index (Phi) is 5.69. The molecule has 4 heteroatoms. The highest BCUT2D eigenvalue weighted by Crippen LogP contribution is 2.22. The normalized spacial score (nSPS) is 26.6. The van der Waals surface area contributed by atoms with Gasteiger partial charge in [-0.1, -0.05) is 0 Å². The van der Waals surface area contributed by atoms with Gasteiger partial charge in [-0.3, -0.25) is 4.90 Å². The fraction of sp³-hybridized carbons (Fsp3) is 1.00. The van der Waals surface area contributed by atoms with Gasteiger partial charge < -0.3 is 15.2 Å². The summed E-state index contributed by atoms with van der Waals surface area (Å²) in [4.78, 5) is 2.42. The predicted octanol–water partition coefficient (Wildman–Crippen LogP) is 0.851. The molecule has 0 amide bonds. The molecule has 4 nitrogen and oxygen atoms in total. The van der Waals surface area contributed by atoms with Gasteiger partial charge in [-0.2, -0.15) is 0 Å². The van der Waals surface area contributed by atoms with E-state index in [1.165, 1.54) is 6.42 Å². The van der Waals surface area contributed by atoms with Crippen LogP contribution in [-0.2, 0) is 9.47 Å². The van der Waals surface area contributed by atoms with Crippen molar-refractivity contribution in [3.05, 3.63) is 0 Å². The second-order valence-corrected chi connectivity index (χ2v) is 4.78. The average molecular weight is 230 g/mol. The number of nitrogens with zero attached hydrogens (tertiary/aromatic N) is 1. The number of likely N-dealkylation sites (tertiary alicyclic amines) is 1. The molecule has 0 spiro atoms. The highest BCUT2D eigenvalue weighted by molar-refractivity contribution is 4.90. The zero-order valence-corrected chi connectivity index (χ0v) is 10.9. The van der Waals surface area contributed by atoms with Crippen molar-refractivity contribution >= 4 is 0 Å². The van der Waals surface area contributed by atoms with Crippen molar-refractivity contribution in [3.63, 3.8) is 0 Å². The van der Waals surface area contributed by atoms with Crippen LogP contribution in [0.15, 0.2) is 0 Å². The summed E-state index contributed by atoms with van der Waals surface area (Å²) >= 11 is 0. The van der Waals surface area contributed by atoms with Crippen LogP contribution >= 0.6 is 0 Å². The van der Waals surface area contributed by atoms with E-state index in [1.54, 1.807) is 7.11 Å². The van der Waals surface area contributed by atoms with E-state index in [0.29, 0.717) is 19.3 Å². The van der Waals surface area contributed by atoms with Crippen molar-refractivity contribution in [1.82, 2.24) is 4.90 Å². The third kappa shape index (κ3) is 3.42. The van der Waals surface area contributed by atoms with Gasteiger partial charge in [-0.25, -0.2) is 0 Å². The van der Waals surface area contributed by atoms with Crippen LogP contribution in [0.25, 0.3) is 0 Å². The molecule has 16 heavy (non-hydrogen) atoms. The SMILES string of the molecule is CCOCC(C)(CN)N1CCCC(OC)C1. The molecule has 0 bridgehead atoms. The van der Waals surface area contributed by atoms with Gasteiger partial charge in [0.05, 0.1) is 18.2 Å². The number of nitrogens with two attached hydrogens (primary N) is 1. The van der Waals surface area contributed by atoms with Crippen LogP contribution in [0.5, 0.6) is 0 Å². The molecule has 1 aliphatic rings. The number of ether oxygens (including phenoxy) is 2. The highest BCUT2D eigenvalue weighted by Gasteiger charge is 2.34. The number of piperidine rings is 1. The Hall–Kier alpha value is -0.160. The van der Waals surface area contributed by atoms with Crippen molar-refractivity contribution in [2.45, 2.75) is 38.3 Å². The summed E-state index contributed by atoms with van der Waals surface area (Å²) in [5.41, 5.74) is 5.85. The van der Waals surface area contributed by atoms with Crippen LogP contribution in [-0.4, -0.2) is 56.5 Å².